The standard InChI is InChI=1S/C21H21N5O3S/c1-25(2)30(27,28)17-11-8-15(9-12-17)23-21-22-14-16-10-13-19(26(16)24-21)18-6-4-5-7-20(18)29-3/h4-14H,1-3H3,(H,23,24). The maximum Gasteiger partial charge on any atom is 0.245 e. The van der Waals surface area contributed by atoms with Crippen molar-refractivity contribution < 1.29 is 13.2 Å². The van der Waals surface area contributed by atoms with Gasteiger partial charge < -0.3 is 10.1 Å². The van der Waals surface area contributed by atoms with Crippen LogP contribution in [0.25, 0.3) is 16.8 Å². The number of hydrogen-bond donors (Lipinski definition) is 1. The van der Waals surface area contributed by atoms with Gasteiger partial charge in [0, 0.05) is 25.3 Å². The normalized spacial score (nSPS) is 11.7. The Labute approximate surface area is 174 Å². The molecule has 1 N–H and O–H groups in total. The number of methoxy groups -OCH3 is 1. The Bertz CT molecular complexity index is 1300. The largest absolute Gasteiger partial charge is 0.496 e. The van der Waals surface area contributed by atoms with Crippen molar-refractivity contribution in [3.05, 3.63) is 66.9 Å². The van der Waals surface area contributed by atoms with Crippen LogP contribution in [0.1, 0.15) is 0 Å². The van der Waals surface area contributed by atoms with E-state index in [0.29, 0.717) is 11.6 Å². The van der Waals surface area contributed by atoms with E-state index in [1.54, 1.807) is 42.1 Å². The fourth-order valence-corrected chi connectivity index (χ4v) is 3.97. The van der Waals surface area contributed by atoms with Gasteiger partial charge in [-0.15, -0.1) is 5.10 Å². The first-order valence-electron chi connectivity index (χ1n) is 9.18. The van der Waals surface area contributed by atoms with E-state index in [1.165, 1.54) is 18.4 Å². The van der Waals surface area contributed by atoms with Crippen LogP contribution in [0, 0.1) is 0 Å². The van der Waals surface area contributed by atoms with Crippen molar-refractivity contribution in [1.29, 1.82) is 0 Å². The highest BCUT2D eigenvalue weighted by Gasteiger charge is 2.17. The molecule has 0 saturated heterocycles. The van der Waals surface area contributed by atoms with Crippen LogP contribution in [-0.2, 0) is 10.0 Å². The van der Waals surface area contributed by atoms with Crippen molar-refractivity contribution in [2.24, 2.45) is 0 Å². The molecule has 0 aliphatic rings. The van der Waals surface area contributed by atoms with Gasteiger partial charge in [0.2, 0.25) is 16.0 Å². The van der Waals surface area contributed by atoms with Crippen molar-refractivity contribution in [2.45, 2.75) is 4.90 Å². The maximum absolute atomic E-state index is 12.2. The molecule has 4 aromatic rings. The molecule has 0 aliphatic heterocycles. The van der Waals surface area contributed by atoms with E-state index < -0.39 is 10.0 Å². The molecule has 0 bridgehead atoms. The Kier molecular flexibility index (Phi) is 5.15. The molecule has 0 fully saturated rings. The Hall–Kier alpha value is -3.43. The number of anilines is 2. The van der Waals surface area contributed by atoms with Crippen molar-refractivity contribution in [2.75, 3.05) is 26.5 Å². The van der Waals surface area contributed by atoms with Gasteiger partial charge in [0.05, 0.1) is 29.4 Å². The lowest BCUT2D eigenvalue weighted by molar-refractivity contribution is 0.416. The number of hydrogen-bond acceptors (Lipinski definition) is 6. The molecule has 0 saturated carbocycles. The van der Waals surface area contributed by atoms with E-state index in [-0.39, 0.29) is 4.90 Å². The van der Waals surface area contributed by atoms with Crippen LogP contribution in [-0.4, -0.2) is 48.5 Å². The van der Waals surface area contributed by atoms with Gasteiger partial charge in [-0.2, -0.15) is 0 Å². The summed E-state index contributed by atoms with van der Waals surface area (Å²) < 4.78 is 32.9. The Morgan fingerprint density at radius 3 is 2.43 bits per heavy atom. The third kappa shape index (κ3) is 3.60. The molecule has 2 aromatic heterocycles. The Morgan fingerprint density at radius 1 is 1.00 bits per heavy atom. The van der Waals surface area contributed by atoms with Gasteiger partial charge in [0.25, 0.3) is 0 Å². The van der Waals surface area contributed by atoms with Gasteiger partial charge in [-0.3, -0.25) is 0 Å². The lowest BCUT2D eigenvalue weighted by Gasteiger charge is -2.12. The van der Waals surface area contributed by atoms with Crippen LogP contribution >= 0.6 is 0 Å². The third-order valence-corrected chi connectivity index (χ3v) is 6.50. The molecule has 9 heteroatoms. The summed E-state index contributed by atoms with van der Waals surface area (Å²) in [6.45, 7) is 0. The summed E-state index contributed by atoms with van der Waals surface area (Å²) in [7, 11) is 1.17. The zero-order valence-electron chi connectivity index (χ0n) is 16.8. The van der Waals surface area contributed by atoms with Crippen molar-refractivity contribution in [3.8, 4) is 17.0 Å². The number of rotatable bonds is 6. The quantitative estimate of drug-likeness (QED) is 0.511. The van der Waals surface area contributed by atoms with Crippen LogP contribution in [0.15, 0.2) is 71.8 Å². The number of fused-ring (bicyclic) bond motifs is 1. The average Bonchev–Trinajstić information content (AvgIpc) is 3.17. The van der Waals surface area contributed by atoms with Crippen molar-refractivity contribution in [3.63, 3.8) is 0 Å². The van der Waals surface area contributed by atoms with Gasteiger partial charge >= 0.3 is 0 Å². The molecule has 30 heavy (non-hydrogen) atoms. The molecular weight excluding hydrogens is 402 g/mol. The van der Waals surface area contributed by atoms with Crippen LogP contribution in [0.4, 0.5) is 11.6 Å². The Morgan fingerprint density at radius 2 is 1.73 bits per heavy atom. The van der Waals surface area contributed by atoms with Crippen LogP contribution in [0.2, 0.25) is 0 Å². The van der Waals surface area contributed by atoms with E-state index >= 15 is 0 Å². The van der Waals surface area contributed by atoms with Crippen LogP contribution in [0.5, 0.6) is 5.75 Å². The van der Waals surface area contributed by atoms with Crippen LogP contribution in [0.3, 0.4) is 0 Å². The minimum absolute atomic E-state index is 0.221. The molecule has 0 amide bonds. The highest BCUT2D eigenvalue weighted by atomic mass is 32.2. The Balaban J connectivity index is 1.66. The summed E-state index contributed by atoms with van der Waals surface area (Å²) in [4.78, 5) is 4.57. The van der Waals surface area contributed by atoms with E-state index in [0.717, 1.165) is 22.5 Å². The minimum atomic E-state index is -3.47. The molecule has 8 nitrogen and oxygen atoms in total. The first kappa shape index (κ1) is 19.9. The smallest absolute Gasteiger partial charge is 0.245 e. The lowest BCUT2D eigenvalue weighted by atomic mass is 10.1. The monoisotopic (exact) mass is 423 g/mol. The highest BCUT2D eigenvalue weighted by molar-refractivity contribution is 7.89. The molecule has 0 aliphatic carbocycles. The summed E-state index contributed by atoms with van der Waals surface area (Å²) in [6, 6.07) is 18.1. The predicted octanol–water partition coefficient (Wildman–Crippen LogP) is 3.40. The molecule has 4 rings (SSSR count). The zero-order valence-corrected chi connectivity index (χ0v) is 17.6. The molecular formula is C21H21N5O3S. The fraction of sp³-hybridized carbons (Fsp3) is 0.143. The number of para-hydroxylation sites is 1. The van der Waals surface area contributed by atoms with Crippen LogP contribution < -0.4 is 10.1 Å². The second kappa shape index (κ2) is 7.77. The number of sulfonamides is 1. The maximum atomic E-state index is 12.2. The molecule has 2 aromatic carbocycles. The minimum Gasteiger partial charge on any atom is -0.496 e. The second-order valence-electron chi connectivity index (χ2n) is 6.77. The van der Waals surface area contributed by atoms with Gasteiger partial charge in [0.1, 0.15) is 5.75 Å². The van der Waals surface area contributed by atoms with E-state index in [1.807, 2.05) is 36.4 Å². The number of benzene rings is 2. The summed E-state index contributed by atoms with van der Waals surface area (Å²) in [5, 5.41) is 7.71. The van der Waals surface area contributed by atoms with Crippen molar-refractivity contribution >= 4 is 27.2 Å². The van der Waals surface area contributed by atoms with E-state index in [2.05, 4.69) is 15.4 Å². The molecule has 0 atom stereocenters. The van der Waals surface area contributed by atoms with Crippen molar-refractivity contribution in [1.82, 2.24) is 18.9 Å². The topological polar surface area (TPSA) is 88.8 Å². The molecule has 0 spiro atoms. The molecule has 0 unspecified atom stereocenters. The summed E-state index contributed by atoms with van der Waals surface area (Å²) in [5.41, 5.74) is 3.31. The molecule has 0 radical (unpaired) electrons. The fourth-order valence-electron chi connectivity index (χ4n) is 3.07. The second-order valence-corrected chi connectivity index (χ2v) is 8.93. The lowest BCUT2D eigenvalue weighted by Crippen LogP contribution is -2.22. The summed E-state index contributed by atoms with van der Waals surface area (Å²) in [6.07, 6.45) is 1.72. The van der Waals surface area contributed by atoms with E-state index in [9.17, 15) is 8.42 Å². The number of nitrogens with zero attached hydrogens (tertiary/aromatic N) is 4. The number of aromatic nitrogens is 3. The SMILES string of the molecule is COc1ccccc1-c1ccc2cnc(Nc3ccc(S(=O)(=O)N(C)C)cc3)nn12. The van der Waals surface area contributed by atoms with Gasteiger partial charge in [-0.1, -0.05) is 12.1 Å². The average molecular weight is 423 g/mol. The number of nitrogens with one attached hydrogen (secondary N) is 1. The van der Waals surface area contributed by atoms with Gasteiger partial charge in [-0.05, 0) is 48.5 Å². The third-order valence-electron chi connectivity index (χ3n) is 4.67. The van der Waals surface area contributed by atoms with Gasteiger partial charge in [0.15, 0.2) is 0 Å². The zero-order chi connectivity index (χ0) is 21.3. The summed E-state index contributed by atoms with van der Waals surface area (Å²) in [5.74, 6) is 1.14. The predicted molar refractivity (Wildman–Crippen MR) is 116 cm³/mol. The van der Waals surface area contributed by atoms with Gasteiger partial charge in [-0.25, -0.2) is 22.2 Å². The molecule has 2 heterocycles. The number of ether oxygens (including phenoxy) is 1. The van der Waals surface area contributed by atoms with E-state index in [4.69, 9.17) is 4.74 Å². The molecule has 154 valence electrons. The first-order chi connectivity index (χ1) is 14.4. The summed E-state index contributed by atoms with van der Waals surface area (Å²) >= 11 is 0. The highest BCUT2D eigenvalue weighted by Crippen LogP contribution is 2.30. The first-order valence-corrected chi connectivity index (χ1v) is 10.6.